The standard InChI is InChI=1S/C15H22BrNO3S/c1-10-7-14(11(2)6-13(10)16)21-9-15(19)17-12(4-5-18)8-20-3/h6-7,12,18H,4-5,8-9H2,1-3H3,(H,17,19). The molecule has 0 aliphatic rings. The number of benzene rings is 1. The lowest BCUT2D eigenvalue weighted by atomic mass is 10.2. The Morgan fingerprint density at radius 2 is 2.14 bits per heavy atom. The molecule has 0 aromatic heterocycles. The average Bonchev–Trinajstić information content (AvgIpc) is 2.42. The normalized spacial score (nSPS) is 12.2. The number of aliphatic hydroxyl groups is 1. The van der Waals surface area contributed by atoms with Gasteiger partial charge in [0.15, 0.2) is 0 Å². The average molecular weight is 376 g/mol. The zero-order chi connectivity index (χ0) is 15.8. The van der Waals surface area contributed by atoms with Crippen LogP contribution in [0.4, 0.5) is 0 Å². The topological polar surface area (TPSA) is 58.6 Å². The van der Waals surface area contributed by atoms with E-state index < -0.39 is 0 Å². The molecule has 6 heteroatoms. The van der Waals surface area contributed by atoms with Gasteiger partial charge in [-0.1, -0.05) is 15.9 Å². The molecule has 1 amide bonds. The highest BCUT2D eigenvalue weighted by atomic mass is 79.9. The number of amides is 1. The van der Waals surface area contributed by atoms with Crippen LogP contribution in [0, 0.1) is 13.8 Å². The van der Waals surface area contributed by atoms with Gasteiger partial charge in [-0.05, 0) is 43.5 Å². The number of methoxy groups -OCH3 is 1. The third-order valence-electron chi connectivity index (χ3n) is 3.03. The Morgan fingerprint density at radius 3 is 2.76 bits per heavy atom. The van der Waals surface area contributed by atoms with E-state index in [2.05, 4.69) is 33.4 Å². The third kappa shape index (κ3) is 6.38. The highest BCUT2D eigenvalue weighted by Gasteiger charge is 2.12. The number of halogens is 1. The van der Waals surface area contributed by atoms with Gasteiger partial charge in [0.1, 0.15) is 0 Å². The Morgan fingerprint density at radius 1 is 1.43 bits per heavy atom. The summed E-state index contributed by atoms with van der Waals surface area (Å²) >= 11 is 5.02. The van der Waals surface area contributed by atoms with Crippen molar-refractivity contribution >= 4 is 33.6 Å². The van der Waals surface area contributed by atoms with E-state index in [0.29, 0.717) is 18.8 Å². The molecule has 1 rings (SSSR count). The number of nitrogens with one attached hydrogen (secondary N) is 1. The number of aliphatic hydroxyl groups excluding tert-OH is 1. The Labute approximate surface area is 138 Å². The molecule has 0 radical (unpaired) electrons. The van der Waals surface area contributed by atoms with E-state index >= 15 is 0 Å². The molecule has 1 unspecified atom stereocenters. The lowest BCUT2D eigenvalue weighted by Gasteiger charge is -2.17. The van der Waals surface area contributed by atoms with Gasteiger partial charge >= 0.3 is 0 Å². The number of aryl methyl sites for hydroxylation is 2. The van der Waals surface area contributed by atoms with E-state index in [1.165, 1.54) is 11.8 Å². The minimum absolute atomic E-state index is 0.0342. The summed E-state index contributed by atoms with van der Waals surface area (Å²) in [5, 5.41) is 11.8. The molecule has 4 nitrogen and oxygen atoms in total. The number of hydrogen-bond donors (Lipinski definition) is 2. The Kier molecular flexibility index (Phi) is 8.33. The quantitative estimate of drug-likeness (QED) is 0.685. The SMILES string of the molecule is COCC(CCO)NC(=O)CSc1cc(C)c(Br)cc1C. The fraction of sp³-hybridized carbons (Fsp3) is 0.533. The lowest BCUT2D eigenvalue weighted by Crippen LogP contribution is -2.39. The van der Waals surface area contributed by atoms with Gasteiger partial charge in [0, 0.05) is 23.1 Å². The van der Waals surface area contributed by atoms with Crippen molar-refractivity contribution < 1.29 is 14.6 Å². The maximum absolute atomic E-state index is 12.0. The molecule has 0 aliphatic carbocycles. The Hall–Kier alpha value is -0.560. The largest absolute Gasteiger partial charge is 0.396 e. The molecule has 0 spiro atoms. The van der Waals surface area contributed by atoms with Crippen LogP contribution in [0.5, 0.6) is 0 Å². The minimum atomic E-state index is -0.138. The van der Waals surface area contributed by atoms with Gasteiger partial charge in [0.25, 0.3) is 0 Å². The molecule has 1 aromatic carbocycles. The molecular formula is C15H22BrNO3S. The van der Waals surface area contributed by atoms with Crippen molar-refractivity contribution in [3.8, 4) is 0 Å². The molecular weight excluding hydrogens is 354 g/mol. The van der Waals surface area contributed by atoms with Crippen LogP contribution in [0.2, 0.25) is 0 Å². The highest BCUT2D eigenvalue weighted by molar-refractivity contribution is 9.10. The first kappa shape index (κ1) is 18.5. The third-order valence-corrected chi connectivity index (χ3v) is 5.04. The summed E-state index contributed by atoms with van der Waals surface area (Å²) in [6, 6.07) is 4.01. The minimum Gasteiger partial charge on any atom is -0.396 e. The molecule has 1 atom stereocenters. The summed E-state index contributed by atoms with van der Waals surface area (Å²) in [7, 11) is 1.58. The number of ether oxygens (including phenoxy) is 1. The van der Waals surface area contributed by atoms with E-state index in [1.54, 1.807) is 7.11 Å². The second-order valence-corrected chi connectivity index (χ2v) is 6.76. The van der Waals surface area contributed by atoms with E-state index in [9.17, 15) is 4.79 Å². The monoisotopic (exact) mass is 375 g/mol. The summed E-state index contributed by atoms with van der Waals surface area (Å²) in [4.78, 5) is 13.1. The van der Waals surface area contributed by atoms with Gasteiger partial charge in [-0.3, -0.25) is 4.79 Å². The smallest absolute Gasteiger partial charge is 0.230 e. The predicted octanol–water partition coefficient (Wildman–Crippen LogP) is 2.67. The van der Waals surface area contributed by atoms with Crippen LogP contribution in [0.25, 0.3) is 0 Å². The summed E-state index contributed by atoms with van der Waals surface area (Å²) in [6.45, 7) is 4.51. The molecule has 0 aliphatic heterocycles. The van der Waals surface area contributed by atoms with Crippen LogP contribution in [-0.4, -0.2) is 43.1 Å². The van der Waals surface area contributed by atoms with Gasteiger partial charge < -0.3 is 15.2 Å². The van der Waals surface area contributed by atoms with Crippen LogP contribution in [0.1, 0.15) is 17.5 Å². The fourth-order valence-electron chi connectivity index (χ4n) is 1.88. The number of hydrogen-bond acceptors (Lipinski definition) is 4. The van der Waals surface area contributed by atoms with E-state index in [0.717, 1.165) is 20.5 Å². The first-order valence-electron chi connectivity index (χ1n) is 6.76. The lowest BCUT2D eigenvalue weighted by molar-refractivity contribution is -0.119. The summed E-state index contributed by atoms with van der Waals surface area (Å²) < 4.78 is 6.11. The number of carbonyl (C=O) groups is 1. The number of carbonyl (C=O) groups excluding carboxylic acids is 1. The van der Waals surface area contributed by atoms with Crippen molar-refractivity contribution in [1.29, 1.82) is 0 Å². The summed E-state index contributed by atoms with van der Waals surface area (Å²) in [6.07, 6.45) is 0.501. The molecule has 118 valence electrons. The second-order valence-electron chi connectivity index (χ2n) is 4.89. The summed E-state index contributed by atoms with van der Waals surface area (Å²) in [5.41, 5.74) is 2.30. The van der Waals surface area contributed by atoms with Gasteiger partial charge in [-0.2, -0.15) is 0 Å². The predicted molar refractivity (Wildman–Crippen MR) is 89.8 cm³/mol. The molecule has 2 N–H and O–H groups in total. The summed E-state index contributed by atoms with van der Waals surface area (Å²) in [5.74, 6) is 0.309. The van der Waals surface area contributed by atoms with Gasteiger partial charge in [-0.15, -0.1) is 11.8 Å². The number of rotatable bonds is 8. The van der Waals surface area contributed by atoms with Gasteiger partial charge in [-0.25, -0.2) is 0 Å². The van der Waals surface area contributed by atoms with Crippen molar-refractivity contribution in [2.24, 2.45) is 0 Å². The zero-order valence-corrected chi connectivity index (χ0v) is 15.0. The van der Waals surface area contributed by atoms with Crippen molar-refractivity contribution in [3.63, 3.8) is 0 Å². The zero-order valence-electron chi connectivity index (χ0n) is 12.6. The van der Waals surface area contributed by atoms with Crippen LogP contribution in [0.15, 0.2) is 21.5 Å². The fourth-order valence-corrected chi connectivity index (χ4v) is 3.25. The van der Waals surface area contributed by atoms with Crippen molar-refractivity contribution in [1.82, 2.24) is 5.32 Å². The van der Waals surface area contributed by atoms with E-state index in [1.807, 2.05) is 13.8 Å². The van der Waals surface area contributed by atoms with Crippen LogP contribution >= 0.6 is 27.7 Å². The van der Waals surface area contributed by atoms with Gasteiger partial charge in [0.2, 0.25) is 5.91 Å². The van der Waals surface area contributed by atoms with Crippen LogP contribution in [-0.2, 0) is 9.53 Å². The van der Waals surface area contributed by atoms with E-state index in [4.69, 9.17) is 9.84 Å². The number of thioether (sulfide) groups is 1. The van der Waals surface area contributed by atoms with E-state index in [-0.39, 0.29) is 18.6 Å². The molecule has 21 heavy (non-hydrogen) atoms. The van der Waals surface area contributed by atoms with Crippen LogP contribution < -0.4 is 5.32 Å². The second kappa shape index (κ2) is 9.46. The molecule has 0 saturated carbocycles. The Bertz CT molecular complexity index is 476. The first-order valence-corrected chi connectivity index (χ1v) is 8.54. The first-order chi connectivity index (χ1) is 9.97. The van der Waals surface area contributed by atoms with Crippen molar-refractivity contribution in [3.05, 3.63) is 27.7 Å². The molecule has 1 aromatic rings. The maximum Gasteiger partial charge on any atom is 0.230 e. The Balaban J connectivity index is 2.54. The van der Waals surface area contributed by atoms with Crippen molar-refractivity contribution in [2.45, 2.75) is 31.2 Å². The molecule has 0 bridgehead atoms. The molecule has 0 saturated heterocycles. The molecule has 0 fully saturated rings. The van der Waals surface area contributed by atoms with Gasteiger partial charge in [0.05, 0.1) is 18.4 Å². The highest BCUT2D eigenvalue weighted by Crippen LogP contribution is 2.28. The van der Waals surface area contributed by atoms with Crippen LogP contribution in [0.3, 0.4) is 0 Å². The molecule has 0 heterocycles. The van der Waals surface area contributed by atoms with Crippen molar-refractivity contribution in [2.75, 3.05) is 26.1 Å². The maximum atomic E-state index is 12.0.